The average molecular weight is 161 g/mol. The van der Waals surface area contributed by atoms with Crippen molar-refractivity contribution in [1.29, 1.82) is 0 Å². The number of aryl methyl sites for hydroxylation is 1. The van der Waals surface area contributed by atoms with Crippen LogP contribution >= 0.6 is 0 Å². The predicted molar refractivity (Wildman–Crippen MR) is 50.3 cm³/mol. The van der Waals surface area contributed by atoms with Gasteiger partial charge in [-0.15, -0.1) is 0 Å². The minimum absolute atomic E-state index is 0.693. The first-order valence-electron chi connectivity index (χ1n) is 4.29. The molecule has 0 bridgehead atoms. The van der Waals surface area contributed by atoms with Crippen LogP contribution in [0.3, 0.4) is 0 Å². The Morgan fingerprint density at radius 2 is 2.33 bits per heavy atom. The van der Waals surface area contributed by atoms with Gasteiger partial charge in [-0.25, -0.2) is 0 Å². The molecule has 0 spiro atoms. The molecule has 0 aliphatic heterocycles. The number of aromatic nitrogens is 1. The summed E-state index contributed by atoms with van der Waals surface area (Å²) in [7, 11) is 1.95. The number of hydrogen-bond acceptors (Lipinski definition) is 2. The molecule has 0 fully saturated rings. The van der Waals surface area contributed by atoms with E-state index in [9.17, 15) is 5.11 Å². The molecular formula is C9H12BNO. The first-order chi connectivity index (χ1) is 5.59. The van der Waals surface area contributed by atoms with Crippen molar-refractivity contribution in [3.8, 4) is 0 Å². The fourth-order valence-corrected chi connectivity index (χ4v) is 1.75. The van der Waals surface area contributed by atoms with Crippen LogP contribution < -0.4 is 5.59 Å². The lowest BCUT2D eigenvalue weighted by molar-refractivity contribution is 0.0555. The molecule has 1 N–H and O–H groups in total. The molecule has 1 aromatic heterocycles. The van der Waals surface area contributed by atoms with Crippen molar-refractivity contribution in [3.63, 3.8) is 0 Å². The summed E-state index contributed by atoms with van der Waals surface area (Å²) >= 11 is 0. The van der Waals surface area contributed by atoms with Crippen LogP contribution in [0.5, 0.6) is 0 Å². The van der Waals surface area contributed by atoms with Gasteiger partial charge in [0.05, 0.1) is 5.69 Å². The fourth-order valence-electron chi connectivity index (χ4n) is 1.75. The van der Waals surface area contributed by atoms with E-state index in [0.29, 0.717) is 0 Å². The second-order valence-electron chi connectivity index (χ2n) is 3.73. The van der Waals surface area contributed by atoms with Gasteiger partial charge in [-0.2, -0.15) is 0 Å². The van der Waals surface area contributed by atoms with E-state index in [1.54, 1.807) is 0 Å². The predicted octanol–water partition coefficient (Wildman–Crippen LogP) is -0.506. The summed E-state index contributed by atoms with van der Waals surface area (Å²) in [5, 5.41) is 9.91. The lowest BCUT2D eigenvalue weighted by atomic mass is 9.99. The van der Waals surface area contributed by atoms with Crippen LogP contribution in [-0.4, -0.2) is 17.9 Å². The van der Waals surface area contributed by atoms with Crippen molar-refractivity contribution in [1.82, 2.24) is 4.98 Å². The Morgan fingerprint density at radius 3 is 3.08 bits per heavy atom. The highest BCUT2D eigenvalue weighted by atomic mass is 16.3. The number of aliphatic hydroxyl groups is 1. The van der Waals surface area contributed by atoms with Gasteiger partial charge >= 0.3 is 0 Å². The number of nitrogens with zero attached hydrogens (tertiary/aromatic N) is 1. The third-order valence-corrected chi connectivity index (χ3v) is 2.51. The van der Waals surface area contributed by atoms with Crippen molar-refractivity contribution in [2.24, 2.45) is 0 Å². The highest BCUT2D eigenvalue weighted by molar-refractivity contribution is 6.30. The molecule has 1 aliphatic carbocycles. The molecule has 62 valence electrons. The van der Waals surface area contributed by atoms with Crippen molar-refractivity contribution in [3.05, 3.63) is 23.4 Å². The molecule has 12 heavy (non-hydrogen) atoms. The van der Waals surface area contributed by atoms with Gasteiger partial charge in [0.1, 0.15) is 5.60 Å². The third kappa shape index (κ3) is 1.05. The molecule has 2 rings (SSSR count). The smallest absolute Gasteiger partial charge is 0.163 e. The molecule has 1 aromatic rings. The standard InChI is InChI=1S/C9H12BNO/c1-9(12)5-4-6-2-3-7(10)11-8(6)9/h2-3,12H,4-5,10H2,1H3. The van der Waals surface area contributed by atoms with Gasteiger partial charge in [-0.3, -0.25) is 4.98 Å². The number of hydrogen-bond donors (Lipinski definition) is 1. The summed E-state index contributed by atoms with van der Waals surface area (Å²) in [6.45, 7) is 1.84. The minimum atomic E-state index is -0.693. The van der Waals surface area contributed by atoms with Crippen LogP contribution in [0.2, 0.25) is 0 Å². The van der Waals surface area contributed by atoms with E-state index in [0.717, 1.165) is 24.1 Å². The van der Waals surface area contributed by atoms with Crippen LogP contribution in [0.25, 0.3) is 0 Å². The molecule has 0 radical (unpaired) electrons. The molecule has 3 heteroatoms. The number of pyridine rings is 1. The SMILES string of the molecule is Bc1ccc2c(n1)C(C)(O)CC2. The summed E-state index contributed by atoms with van der Waals surface area (Å²) in [5.74, 6) is 0. The zero-order valence-corrected chi connectivity index (χ0v) is 7.46. The first-order valence-corrected chi connectivity index (χ1v) is 4.29. The molecule has 0 amide bonds. The zero-order chi connectivity index (χ0) is 8.77. The van der Waals surface area contributed by atoms with Crippen LogP contribution in [0.4, 0.5) is 0 Å². The summed E-state index contributed by atoms with van der Waals surface area (Å²) in [6, 6.07) is 4.07. The van der Waals surface area contributed by atoms with Crippen molar-refractivity contribution < 1.29 is 5.11 Å². The second-order valence-corrected chi connectivity index (χ2v) is 3.73. The maximum atomic E-state index is 9.91. The monoisotopic (exact) mass is 161 g/mol. The number of rotatable bonds is 0. The minimum Gasteiger partial charge on any atom is -0.384 e. The van der Waals surface area contributed by atoms with E-state index < -0.39 is 5.60 Å². The van der Waals surface area contributed by atoms with E-state index in [-0.39, 0.29) is 0 Å². The van der Waals surface area contributed by atoms with E-state index in [2.05, 4.69) is 11.1 Å². The van der Waals surface area contributed by atoms with E-state index in [1.807, 2.05) is 20.8 Å². The molecule has 0 saturated heterocycles. The van der Waals surface area contributed by atoms with Crippen LogP contribution in [-0.2, 0) is 12.0 Å². The Kier molecular flexibility index (Phi) is 1.52. The van der Waals surface area contributed by atoms with Crippen molar-refractivity contribution in [2.45, 2.75) is 25.4 Å². The van der Waals surface area contributed by atoms with Crippen LogP contribution in [0, 0.1) is 0 Å². The van der Waals surface area contributed by atoms with Crippen LogP contribution in [0.1, 0.15) is 24.6 Å². The fraction of sp³-hybridized carbons (Fsp3) is 0.444. The summed E-state index contributed by atoms with van der Waals surface area (Å²) in [4.78, 5) is 4.36. The molecule has 1 atom stereocenters. The number of fused-ring (bicyclic) bond motifs is 1. The van der Waals surface area contributed by atoms with Crippen molar-refractivity contribution in [2.75, 3.05) is 0 Å². The lowest BCUT2D eigenvalue weighted by Crippen LogP contribution is -2.22. The largest absolute Gasteiger partial charge is 0.384 e. The topological polar surface area (TPSA) is 33.1 Å². The first kappa shape index (κ1) is 7.81. The highest BCUT2D eigenvalue weighted by Crippen LogP contribution is 2.33. The molecule has 1 unspecified atom stereocenters. The van der Waals surface area contributed by atoms with Gasteiger partial charge in [0.2, 0.25) is 0 Å². The third-order valence-electron chi connectivity index (χ3n) is 2.51. The summed E-state index contributed by atoms with van der Waals surface area (Å²) in [6.07, 6.45) is 1.76. The maximum absolute atomic E-state index is 9.91. The van der Waals surface area contributed by atoms with Gasteiger partial charge in [0, 0.05) is 0 Å². The zero-order valence-electron chi connectivity index (χ0n) is 7.46. The van der Waals surface area contributed by atoms with E-state index in [1.165, 1.54) is 5.56 Å². The molecule has 2 nitrogen and oxygen atoms in total. The molecule has 0 saturated carbocycles. The molecule has 1 aliphatic rings. The Hall–Kier alpha value is -0.825. The highest BCUT2D eigenvalue weighted by Gasteiger charge is 2.33. The molecular weight excluding hydrogens is 149 g/mol. The van der Waals surface area contributed by atoms with Gasteiger partial charge in [-0.05, 0) is 30.9 Å². The summed E-state index contributed by atoms with van der Waals surface area (Å²) < 4.78 is 0. The maximum Gasteiger partial charge on any atom is 0.163 e. The normalized spacial score (nSPS) is 27.2. The molecule has 0 aromatic carbocycles. The van der Waals surface area contributed by atoms with E-state index >= 15 is 0 Å². The van der Waals surface area contributed by atoms with E-state index in [4.69, 9.17) is 0 Å². The average Bonchev–Trinajstić information content (AvgIpc) is 2.28. The van der Waals surface area contributed by atoms with Gasteiger partial charge in [0.15, 0.2) is 7.85 Å². The molecule has 1 heterocycles. The van der Waals surface area contributed by atoms with Gasteiger partial charge in [0.25, 0.3) is 0 Å². The second kappa shape index (κ2) is 2.33. The van der Waals surface area contributed by atoms with Crippen molar-refractivity contribution >= 4 is 13.4 Å². The van der Waals surface area contributed by atoms with Gasteiger partial charge in [-0.1, -0.05) is 12.1 Å². The Morgan fingerprint density at radius 1 is 1.58 bits per heavy atom. The quantitative estimate of drug-likeness (QED) is 0.520. The summed E-state index contributed by atoms with van der Waals surface area (Å²) in [5.41, 5.74) is 2.37. The Balaban J connectivity index is 2.57. The van der Waals surface area contributed by atoms with Crippen LogP contribution in [0.15, 0.2) is 12.1 Å². The Bertz CT molecular complexity index is 322. The lowest BCUT2D eigenvalue weighted by Gasteiger charge is -2.16. The Labute approximate surface area is 73.1 Å². The van der Waals surface area contributed by atoms with Gasteiger partial charge < -0.3 is 5.11 Å².